The molecule has 0 radical (unpaired) electrons. The van der Waals surface area contributed by atoms with Crippen LogP contribution in [0, 0.1) is 40.4 Å². The monoisotopic (exact) mass is 608 g/mol. The standard InChI is InChI=1S/C29H52O11S/c1-6-17(27(5,34)15-40-41(37,38)39)8-7-16(2)21-22(32)23(33)24-25(21,3)11-10-19-26(4)12-9-18(30)13-29(26,36)20(31)14-28(19,24)35/h16-24,30-36H,6-15H2,1-5H3,(H,37,38,39)/t16-,17-,18+,19?,20-,21+,22-,23+,24?,25-,26-,27+,28+,29+/m1/s1. The lowest BCUT2D eigenvalue weighted by Crippen LogP contribution is -2.75. The molecule has 0 aliphatic heterocycles. The molecule has 12 heteroatoms. The highest BCUT2D eigenvalue weighted by molar-refractivity contribution is 7.80. The minimum absolute atomic E-state index is 0.0294. The van der Waals surface area contributed by atoms with Crippen LogP contribution in [-0.4, -0.2) is 96.5 Å². The largest absolute Gasteiger partial charge is 0.397 e. The molecule has 4 saturated carbocycles. The molecule has 240 valence electrons. The highest BCUT2D eigenvalue weighted by atomic mass is 32.3. The fourth-order valence-electron chi connectivity index (χ4n) is 10.4. The van der Waals surface area contributed by atoms with Crippen LogP contribution in [-0.2, 0) is 14.6 Å². The van der Waals surface area contributed by atoms with Crippen LogP contribution in [0.2, 0.25) is 0 Å². The van der Waals surface area contributed by atoms with E-state index in [-0.39, 0.29) is 24.7 Å². The number of aliphatic hydroxyl groups excluding tert-OH is 4. The molecule has 0 heterocycles. The summed E-state index contributed by atoms with van der Waals surface area (Å²) in [6.07, 6.45) is -1.02. The third kappa shape index (κ3) is 5.32. The van der Waals surface area contributed by atoms with Crippen molar-refractivity contribution in [2.24, 2.45) is 40.4 Å². The summed E-state index contributed by atoms with van der Waals surface area (Å²) in [6, 6.07) is 0. The van der Waals surface area contributed by atoms with Gasteiger partial charge in [0.2, 0.25) is 0 Å². The molecule has 2 unspecified atom stereocenters. The average Bonchev–Trinajstić information content (AvgIpc) is 3.05. The second kappa shape index (κ2) is 10.9. The maximum Gasteiger partial charge on any atom is 0.397 e. The van der Waals surface area contributed by atoms with Gasteiger partial charge in [0.1, 0.15) is 0 Å². The SMILES string of the molecule is CC[C@H](CC[C@@H](C)[C@H]1[C@@H](O)[C@H](O)C2[C@]3(O)C[C@@H](O)[C@@]4(O)C[C@@H](O)CC[C@]4(C)C3CC[C@@]21C)[C@@](C)(O)COS(=O)(=O)O. The molecule has 4 rings (SSSR count). The van der Waals surface area contributed by atoms with Gasteiger partial charge in [-0.3, -0.25) is 4.55 Å². The second-order valence-corrected chi connectivity index (χ2v) is 15.8. The van der Waals surface area contributed by atoms with E-state index in [2.05, 4.69) is 4.18 Å². The van der Waals surface area contributed by atoms with E-state index < -0.39 is 86.8 Å². The highest BCUT2D eigenvalue weighted by Crippen LogP contribution is 2.70. The van der Waals surface area contributed by atoms with Crippen molar-refractivity contribution in [2.45, 2.75) is 134 Å². The minimum Gasteiger partial charge on any atom is -0.393 e. The van der Waals surface area contributed by atoms with Crippen molar-refractivity contribution >= 4 is 10.4 Å². The number of aliphatic hydroxyl groups is 7. The Hall–Kier alpha value is -0.410. The van der Waals surface area contributed by atoms with Gasteiger partial charge < -0.3 is 35.7 Å². The quantitative estimate of drug-likeness (QED) is 0.174. The van der Waals surface area contributed by atoms with Gasteiger partial charge in [0.15, 0.2) is 0 Å². The molecule has 4 aliphatic rings. The Morgan fingerprint density at radius 1 is 1.00 bits per heavy atom. The normalized spacial score (nSPS) is 49.3. The first-order valence-corrected chi connectivity index (χ1v) is 16.6. The summed E-state index contributed by atoms with van der Waals surface area (Å²) >= 11 is 0. The molecule has 4 fully saturated rings. The van der Waals surface area contributed by atoms with Crippen LogP contribution in [0.5, 0.6) is 0 Å². The zero-order chi connectivity index (χ0) is 31.0. The third-order valence-electron chi connectivity index (χ3n) is 12.5. The Morgan fingerprint density at radius 2 is 1.63 bits per heavy atom. The van der Waals surface area contributed by atoms with Gasteiger partial charge in [0, 0.05) is 24.2 Å². The Labute approximate surface area is 243 Å². The average molecular weight is 609 g/mol. The van der Waals surface area contributed by atoms with Gasteiger partial charge in [-0.15, -0.1) is 0 Å². The molecule has 8 N–H and O–H groups in total. The zero-order valence-corrected chi connectivity index (χ0v) is 25.8. The molecule has 11 nitrogen and oxygen atoms in total. The van der Waals surface area contributed by atoms with Gasteiger partial charge in [-0.05, 0) is 74.5 Å². The highest BCUT2D eigenvalue weighted by Gasteiger charge is 2.75. The molecule has 0 aromatic heterocycles. The van der Waals surface area contributed by atoms with Crippen molar-refractivity contribution in [2.75, 3.05) is 6.61 Å². The van der Waals surface area contributed by atoms with Crippen LogP contribution in [0.3, 0.4) is 0 Å². The molecule has 0 bridgehead atoms. The molecule has 0 aromatic rings. The first kappa shape index (κ1) is 33.5. The lowest BCUT2D eigenvalue weighted by atomic mass is 9.40. The number of fused-ring (bicyclic) bond motifs is 5. The van der Waals surface area contributed by atoms with Crippen LogP contribution < -0.4 is 0 Å². The van der Waals surface area contributed by atoms with E-state index in [9.17, 15) is 44.2 Å². The Bertz CT molecular complexity index is 1070. The summed E-state index contributed by atoms with van der Waals surface area (Å²) in [7, 11) is -4.71. The molecular weight excluding hydrogens is 556 g/mol. The van der Waals surface area contributed by atoms with E-state index in [1.807, 2.05) is 27.7 Å². The van der Waals surface area contributed by atoms with E-state index >= 15 is 0 Å². The van der Waals surface area contributed by atoms with Crippen LogP contribution in [0.25, 0.3) is 0 Å². The van der Waals surface area contributed by atoms with Gasteiger partial charge in [-0.1, -0.05) is 34.1 Å². The Morgan fingerprint density at radius 3 is 2.22 bits per heavy atom. The maximum absolute atomic E-state index is 12.4. The predicted molar refractivity (Wildman–Crippen MR) is 149 cm³/mol. The third-order valence-corrected chi connectivity index (χ3v) is 12.9. The van der Waals surface area contributed by atoms with Crippen molar-refractivity contribution < 1.29 is 52.9 Å². The summed E-state index contributed by atoms with van der Waals surface area (Å²) in [5.74, 6) is -2.10. The lowest BCUT2D eigenvalue weighted by Gasteiger charge is -2.68. The van der Waals surface area contributed by atoms with Gasteiger partial charge in [-0.2, -0.15) is 8.42 Å². The summed E-state index contributed by atoms with van der Waals surface area (Å²) < 4.78 is 35.5. The lowest BCUT2D eigenvalue weighted by molar-refractivity contribution is -0.315. The van der Waals surface area contributed by atoms with Crippen molar-refractivity contribution in [3.05, 3.63) is 0 Å². The van der Waals surface area contributed by atoms with Crippen LogP contribution in [0.15, 0.2) is 0 Å². The molecule has 0 saturated heterocycles. The van der Waals surface area contributed by atoms with Crippen LogP contribution in [0.1, 0.15) is 92.4 Å². The van der Waals surface area contributed by atoms with E-state index in [1.54, 1.807) is 0 Å². The number of hydrogen-bond donors (Lipinski definition) is 8. The summed E-state index contributed by atoms with van der Waals surface area (Å²) in [5, 5.41) is 79.6. The molecule has 0 amide bonds. The first-order chi connectivity index (χ1) is 18.7. The van der Waals surface area contributed by atoms with Crippen molar-refractivity contribution in [1.29, 1.82) is 0 Å². The van der Waals surface area contributed by atoms with Gasteiger partial charge in [0.05, 0.1) is 47.8 Å². The summed E-state index contributed by atoms with van der Waals surface area (Å²) in [4.78, 5) is 0. The van der Waals surface area contributed by atoms with E-state index in [0.29, 0.717) is 44.9 Å². The summed E-state index contributed by atoms with van der Waals surface area (Å²) in [6.45, 7) is 8.56. The second-order valence-electron chi connectivity index (χ2n) is 14.7. The maximum atomic E-state index is 12.4. The van der Waals surface area contributed by atoms with Crippen LogP contribution in [0.4, 0.5) is 0 Å². The van der Waals surface area contributed by atoms with E-state index in [4.69, 9.17) is 4.55 Å². The Balaban J connectivity index is 1.57. The predicted octanol–water partition coefficient (Wildman–Crippen LogP) is 1.16. The number of rotatable bonds is 9. The summed E-state index contributed by atoms with van der Waals surface area (Å²) in [5.41, 5.74) is -6.18. The van der Waals surface area contributed by atoms with Gasteiger partial charge in [-0.25, -0.2) is 4.18 Å². The molecule has 4 aliphatic carbocycles. The zero-order valence-electron chi connectivity index (χ0n) is 25.0. The molecule has 41 heavy (non-hydrogen) atoms. The molecule has 0 spiro atoms. The van der Waals surface area contributed by atoms with Gasteiger partial charge in [0.25, 0.3) is 0 Å². The molecule has 0 aromatic carbocycles. The van der Waals surface area contributed by atoms with E-state index in [0.717, 1.165) is 0 Å². The van der Waals surface area contributed by atoms with Crippen molar-refractivity contribution in [3.63, 3.8) is 0 Å². The number of hydrogen-bond acceptors (Lipinski definition) is 10. The van der Waals surface area contributed by atoms with E-state index in [1.165, 1.54) is 6.92 Å². The first-order valence-electron chi connectivity index (χ1n) is 15.2. The molecule has 14 atom stereocenters. The fourth-order valence-corrected chi connectivity index (χ4v) is 10.8. The Kier molecular flexibility index (Phi) is 8.89. The van der Waals surface area contributed by atoms with Gasteiger partial charge >= 0.3 is 10.4 Å². The smallest absolute Gasteiger partial charge is 0.393 e. The van der Waals surface area contributed by atoms with Crippen LogP contribution >= 0.6 is 0 Å². The van der Waals surface area contributed by atoms with Crippen molar-refractivity contribution in [3.8, 4) is 0 Å². The fraction of sp³-hybridized carbons (Fsp3) is 1.00. The topological polar surface area (TPSA) is 205 Å². The minimum atomic E-state index is -4.71. The van der Waals surface area contributed by atoms with Crippen molar-refractivity contribution in [1.82, 2.24) is 0 Å². The molecular formula is C29H52O11S.